The second-order valence-corrected chi connectivity index (χ2v) is 10.7. The van der Waals surface area contributed by atoms with E-state index in [1.165, 1.54) is 19.4 Å². The predicted octanol–water partition coefficient (Wildman–Crippen LogP) is 3.75. The zero-order valence-electron chi connectivity index (χ0n) is 19.1. The minimum absolute atomic E-state index is 0.162. The highest BCUT2D eigenvalue weighted by atomic mass is 16.8. The van der Waals surface area contributed by atoms with Gasteiger partial charge >= 0.3 is 17.9 Å². The van der Waals surface area contributed by atoms with Crippen LogP contribution in [0.3, 0.4) is 0 Å². The van der Waals surface area contributed by atoms with Crippen LogP contribution in [0.25, 0.3) is 0 Å². The summed E-state index contributed by atoms with van der Waals surface area (Å²) in [5.74, 6) is -1.84. The van der Waals surface area contributed by atoms with Crippen LogP contribution < -0.4 is 0 Å². The molecule has 7 heteroatoms. The van der Waals surface area contributed by atoms with E-state index in [9.17, 15) is 14.4 Å². The first kappa shape index (κ1) is 22.3. The third-order valence-electron chi connectivity index (χ3n) is 8.31. The maximum atomic E-state index is 12.5. The molecule has 0 unspecified atom stereocenters. The second-order valence-electron chi connectivity index (χ2n) is 10.7. The van der Waals surface area contributed by atoms with Gasteiger partial charge in [-0.2, -0.15) is 0 Å². The van der Waals surface area contributed by atoms with Gasteiger partial charge in [-0.05, 0) is 54.8 Å². The molecule has 4 rings (SSSR count). The fourth-order valence-corrected chi connectivity index (χ4v) is 7.08. The molecule has 0 aromatic rings. The molecule has 2 saturated carbocycles. The third-order valence-corrected chi connectivity index (χ3v) is 8.31. The van der Waals surface area contributed by atoms with Crippen molar-refractivity contribution in [1.82, 2.24) is 0 Å². The fraction of sp³-hybridized carbons (Fsp3) is 0.792. The molecule has 2 heterocycles. The first-order valence-electron chi connectivity index (χ1n) is 11.3. The van der Waals surface area contributed by atoms with Crippen molar-refractivity contribution >= 4 is 17.9 Å². The van der Waals surface area contributed by atoms with Crippen LogP contribution in [0.5, 0.6) is 0 Å². The maximum Gasteiger partial charge on any atom is 0.350 e. The molecule has 0 aromatic carbocycles. The van der Waals surface area contributed by atoms with E-state index in [0.717, 1.165) is 32.1 Å². The van der Waals surface area contributed by atoms with Gasteiger partial charge in [-0.15, -0.1) is 0 Å². The molecule has 4 fully saturated rings. The van der Waals surface area contributed by atoms with Crippen molar-refractivity contribution in [2.45, 2.75) is 85.4 Å². The topological polar surface area (TPSA) is 88.1 Å². The Balaban J connectivity index is 1.77. The minimum atomic E-state index is -1.06. The summed E-state index contributed by atoms with van der Waals surface area (Å²) in [5, 5.41) is 0. The average molecular weight is 435 g/mol. The van der Waals surface area contributed by atoms with Gasteiger partial charge in [0.05, 0.1) is 5.92 Å². The van der Waals surface area contributed by atoms with Gasteiger partial charge in [0.2, 0.25) is 18.7 Å². The van der Waals surface area contributed by atoms with E-state index in [0.29, 0.717) is 5.92 Å². The van der Waals surface area contributed by atoms with E-state index in [1.54, 1.807) is 0 Å². The highest BCUT2D eigenvalue weighted by molar-refractivity contribution is 5.81. The molecule has 2 aliphatic carbocycles. The van der Waals surface area contributed by atoms with Crippen molar-refractivity contribution < 1.29 is 33.3 Å². The number of allylic oxidation sites excluding steroid dienone is 1. The Labute approximate surface area is 183 Å². The zero-order chi connectivity index (χ0) is 22.7. The van der Waals surface area contributed by atoms with E-state index in [1.807, 2.05) is 0 Å². The standard InChI is InChI=1S/C24H34O7/c1-12-8-7-10-23(4,5)15-9-11-24(6,17(12)15)18-16-19(28-13(2)25)20(27)30-21(16)31-22(18)29-14(3)26/h15-19,21-22H,1,7-11H2,2-6H3/t15-,16+,17-,18+,19-,21+,22-,24-/m1/s1. The average Bonchev–Trinajstić information content (AvgIpc) is 3.23. The smallest absolute Gasteiger partial charge is 0.350 e. The molecule has 0 bridgehead atoms. The molecule has 0 N–H and O–H groups in total. The van der Waals surface area contributed by atoms with Crippen LogP contribution >= 0.6 is 0 Å². The van der Waals surface area contributed by atoms with Crippen molar-refractivity contribution in [2.24, 2.45) is 34.5 Å². The van der Waals surface area contributed by atoms with Gasteiger partial charge in [0, 0.05) is 19.8 Å². The lowest BCUT2D eigenvalue weighted by Crippen LogP contribution is -2.47. The summed E-state index contributed by atoms with van der Waals surface area (Å²) in [6.45, 7) is 14.0. The van der Waals surface area contributed by atoms with Crippen molar-refractivity contribution in [2.75, 3.05) is 0 Å². The predicted molar refractivity (Wildman–Crippen MR) is 110 cm³/mol. The van der Waals surface area contributed by atoms with Gasteiger partial charge in [0.1, 0.15) is 0 Å². The van der Waals surface area contributed by atoms with Gasteiger partial charge in [0.25, 0.3) is 0 Å². The minimum Gasteiger partial charge on any atom is -0.450 e. The monoisotopic (exact) mass is 434 g/mol. The lowest BCUT2D eigenvalue weighted by molar-refractivity contribution is -0.216. The second kappa shape index (κ2) is 7.61. The van der Waals surface area contributed by atoms with Crippen molar-refractivity contribution in [1.29, 1.82) is 0 Å². The van der Waals surface area contributed by atoms with Crippen LogP contribution in [0.2, 0.25) is 0 Å². The zero-order valence-corrected chi connectivity index (χ0v) is 19.1. The highest BCUT2D eigenvalue weighted by Gasteiger charge is 2.68. The summed E-state index contributed by atoms with van der Waals surface area (Å²) in [4.78, 5) is 36.2. The molecule has 4 aliphatic rings. The Morgan fingerprint density at radius 3 is 2.42 bits per heavy atom. The number of carbonyl (C=O) groups excluding carboxylic acids is 3. The van der Waals surface area contributed by atoms with Gasteiger partial charge in [-0.3, -0.25) is 9.59 Å². The van der Waals surface area contributed by atoms with Crippen LogP contribution in [0, 0.1) is 34.5 Å². The molecular formula is C24H34O7. The van der Waals surface area contributed by atoms with Crippen LogP contribution in [-0.2, 0) is 33.3 Å². The molecule has 172 valence electrons. The number of carbonyl (C=O) groups is 3. The number of ether oxygens (including phenoxy) is 4. The number of hydrogen-bond acceptors (Lipinski definition) is 7. The van der Waals surface area contributed by atoms with Gasteiger partial charge in [-0.25, -0.2) is 4.79 Å². The number of fused-ring (bicyclic) bond motifs is 2. The summed E-state index contributed by atoms with van der Waals surface area (Å²) in [5.41, 5.74) is 1.04. The molecule has 0 radical (unpaired) electrons. The van der Waals surface area contributed by atoms with E-state index in [2.05, 4.69) is 27.4 Å². The van der Waals surface area contributed by atoms with Crippen molar-refractivity contribution in [3.05, 3.63) is 12.2 Å². The Morgan fingerprint density at radius 1 is 1.10 bits per heavy atom. The summed E-state index contributed by atoms with van der Waals surface area (Å²) in [6.07, 6.45) is 2.31. The number of hydrogen-bond donors (Lipinski definition) is 0. The largest absolute Gasteiger partial charge is 0.450 e. The van der Waals surface area contributed by atoms with E-state index in [4.69, 9.17) is 18.9 Å². The van der Waals surface area contributed by atoms with E-state index < -0.39 is 42.5 Å². The molecule has 0 spiro atoms. The Hall–Kier alpha value is -1.89. The SMILES string of the molecule is C=C1CCCC(C)(C)[C@@H]2CC[C@@](C)([C@@H]3[C@H](OC(C)=O)O[C@@H]4OC(=O)[C@H](OC(C)=O)[C@@H]43)[C@H]12. The molecule has 8 atom stereocenters. The third kappa shape index (κ3) is 3.59. The fourth-order valence-electron chi connectivity index (χ4n) is 7.08. The summed E-state index contributed by atoms with van der Waals surface area (Å²) in [7, 11) is 0. The lowest BCUT2D eigenvalue weighted by Gasteiger charge is -2.45. The first-order valence-corrected chi connectivity index (χ1v) is 11.3. The maximum absolute atomic E-state index is 12.5. The summed E-state index contributed by atoms with van der Waals surface area (Å²) < 4.78 is 22.4. The van der Waals surface area contributed by atoms with Gasteiger partial charge in [0.15, 0.2) is 0 Å². The van der Waals surface area contributed by atoms with E-state index in [-0.39, 0.29) is 22.7 Å². The van der Waals surface area contributed by atoms with Gasteiger partial charge < -0.3 is 18.9 Å². The van der Waals surface area contributed by atoms with Gasteiger partial charge in [-0.1, -0.05) is 32.9 Å². The van der Waals surface area contributed by atoms with Crippen LogP contribution in [-0.4, -0.2) is 36.6 Å². The number of esters is 3. The highest BCUT2D eigenvalue weighted by Crippen LogP contribution is 2.65. The van der Waals surface area contributed by atoms with Crippen LogP contribution in [0.1, 0.15) is 66.7 Å². The Kier molecular flexibility index (Phi) is 5.48. The van der Waals surface area contributed by atoms with Crippen LogP contribution in [0.15, 0.2) is 12.2 Å². The molecule has 0 aromatic heterocycles. The quantitative estimate of drug-likeness (QED) is 0.380. The normalized spacial score (nSPS) is 43.6. The first-order chi connectivity index (χ1) is 14.5. The molecule has 31 heavy (non-hydrogen) atoms. The van der Waals surface area contributed by atoms with Crippen molar-refractivity contribution in [3.63, 3.8) is 0 Å². The van der Waals surface area contributed by atoms with Crippen molar-refractivity contribution in [3.8, 4) is 0 Å². The molecular weight excluding hydrogens is 400 g/mol. The molecule has 0 amide bonds. The molecule has 2 saturated heterocycles. The number of rotatable bonds is 3. The lowest BCUT2D eigenvalue weighted by atomic mass is 9.59. The Morgan fingerprint density at radius 2 is 1.77 bits per heavy atom. The van der Waals surface area contributed by atoms with Crippen LogP contribution in [0.4, 0.5) is 0 Å². The van der Waals surface area contributed by atoms with E-state index >= 15 is 0 Å². The molecule has 2 aliphatic heterocycles. The molecule has 7 nitrogen and oxygen atoms in total. The Bertz CT molecular complexity index is 802. The summed E-state index contributed by atoms with van der Waals surface area (Å²) >= 11 is 0. The summed E-state index contributed by atoms with van der Waals surface area (Å²) in [6, 6.07) is 0.